The number of hydrogen-bond acceptors (Lipinski definition) is 5. The van der Waals surface area contributed by atoms with E-state index in [9.17, 15) is 14.4 Å². The van der Waals surface area contributed by atoms with Crippen LogP contribution in [0.15, 0.2) is 48.5 Å². The molecule has 0 unspecified atom stereocenters. The lowest BCUT2D eigenvalue weighted by Gasteiger charge is -2.14. The molecular formula is C21H21NO5. The first-order chi connectivity index (χ1) is 13.1. The third-order valence-corrected chi connectivity index (χ3v) is 4.30. The minimum atomic E-state index is -0.480. The first-order valence-corrected chi connectivity index (χ1v) is 8.93. The molecule has 1 aliphatic heterocycles. The third-order valence-electron chi connectivity index (χ3n) is 4.30. The van der Waals surface area contributed by atoms with E-state index in [0.717, 1.165) is 17.1 Å². The normalized spacial score (nSPS) is 13.7. The fourth-order valence-electron chi connectivity index (χ4n) is 2.84. The average molecular weight is 367 g/mol. The van der Waals surface area contributed by atoms with E-state index in [1.807, 2.05) is 24.3 Å². The van der Waals surface area contributed by atoms with Crippen molar-refractivity contribution in [2.75, 3.05) is 18.1 Å². The van der Waals surface area contributed by atoms with Gasteiger partial charge in [-0.1, -0.05) is 19.1 Å². The fourth-order valence-corrected chi connectivity index (χ4v) is 2.84. The van der Waals surface area contributed by atoms with Gasteiger partial charge in [-0.25, -0.2) is 4.79 Å². The lowest BCUT2D eigenvalue weighted by atomic mass is 10.2. The van der Waals surface area contributed by atoms with Gasteiger partial charge < -0.3 is 9.47 Å². The van der Waals surface area contributed by atoms with Gasteiger partial charge in [-0.3, -0.25) is 14.5 Å². The Labute approximate surface area is 157 Å². The molecule has 0 atom stereocenters. The second kappa shape index (κ2) is 8.49. The van der Waals surface area contributed by atoms with Crippen LogP contribution < -0.4 is 9.64 Å². The van der Waals surface area contributed by atoms with Crippen molar-refractivity contribution in [1.29, 1.82) is 0 Å². The standard InChI is InChI=1S/C21H21NO5/c1-2-15-4-3-5-18(14-15)26-12-13-27-21(25)16-6-8-17(9-7-16)22-19(23)10-11-20(22)24/h3-9,14H,2,10-13H2,1H3. The van der Waals surface area contributed by atoms with E-state index in [0.29, 0.717) is 11.3 Å². The molecule has 0 N–H and O–H groups in total. The molecule has 1 heterocycles. The van der Waals surface area contributed by atoms with Gasteiger partial charge in [-0.15, -0.1) is 0 Å². The van der Waals surface area contributed by atoms with E-state index < -0.39 is 5.97 Å². The number of ether oxygens (including phenoxy) is 2. The Hall–Kier alpha value is -3.15. The van der Waals surface area contributed by atoms with Crippen LogP contribution in [-0.2, 0) is 20.7 Å². The van der Waals surface area contributed by atoms with Gasteiger partial charge in [0.2, 0.25) is 11.8 Å². The highest BCUT2D eigenvalue weighted by Gasteiger charge is 2.30. The van der Waals surface area contributed by atoms with Gasteiger partial charge >= 0.3 is 5.97 Å². The SMILES string of the molecule is CCc1cccc(OCCOC(=O)c2ccc(N3C(=O)CCC3=O)cc2)c1. The lowest BCUT2D eigenvalue weighted by molar-refractivity contribution is -0.121. The smallest absolute Gasteiger partial charge is 0.338 e. The van der Waals surface area contributed by atoms with Crippen molar-refractivity contribution in [1.82, 2.24) is 0 Å². The van der Waals surface area contributed by atoms with E-state index >= 15 is 0 Å². The summed E-state index contributed by atoms with van der Waals surface area (Å²) in [5.74, 6) is -0.180. The first kappa shape index (κ1) is 18.6. The molecule has 6 nitrogen and oxygen atoms in total. The maximum Gasteiger partial charge on any atom is 0.338 e. The van der Waals surface area contributed by atoms with E-state index in [4.69, 9.17) is 9.47 Å². The Morgan fingerprint density at radius 2 is 1.70 bits per heavy atom. The van der Waals surface area contributed by atoms with E-state index in [-0.39, 0.29) is 37.9 Å². The zero-order valence-electron chi connectivity index (χ0n) is 15.1. The average Bonchev–Trinajstić information content (AvgIpc) is 3.03. The van der Waals surface area contributed by atoms with E-state index in [1.165, 1.54) is 5.56 Å². The maximum atomic E-state index is 12.1. The van der Waals surface area contributed by atoms with E-state index in [1.54, 1.807) is 24.3 Å². The molecule has 0 bridgehead atoms. The molecule has 0 radical (unpaired) electrons. The zero-order chi connectivity index (χ0) is 19.2. The molecule has 2 aromatic carbocycles. The second-order valence-electron chi connectivity index (χ2n) is 6.16. The molecule has 0 spiro atoms. The predicted octanol–water partition coefficient (Wildman–Crippen LogP) is 3.14. The molecule has 2 aromatic rings. The summed E-state index contributed by atoms with van der Waals surface area (Å²) in [5, 5.41) is 0. The number of esters is 1. The topological polar surface area (TPSA) is 72.9 Å². The van der Waals surface area contributed by atoms with Crippen LogP contribution in [0.25, 0.3) is 0 Å². The molecule has 1 saturated heterocycles. The number of carbonyl (C=O) groups excluding carboxylic acids is 3. The van der Waals surface area contributed by atoms with Gasteiger partial charge in [0.05, 0.1) is 11.3 Å². The summed E-state index contributed by atoms with van der Waals surface area (Å²) in [6.45, 7) is 2.45. The van der Waals surface area contributed by atoms with Gasteiger partial charge in [0.15, 0.2) is 0 Å². The van der Waals surface area contributed by atoms with Crippen LogP contribution >= 0.6 is 0 Å². The number of anilines is 1. The van der Waals surface area contributed by atoms with Crippen molar-refractivity contribution in [2.45, 2.75) is 26.2 Å². The summed E-state index contributed by atoms with van der Waals surface area (Å²) < 4.78 is 10.8. The Morgan fingerprint density at radius 3 is 2.37 bits per heavy atom. The van der Waals surface area contributed by atoms with Crippen molar-refractivity contribution < 1.29 is 23.9 Å². The van der Waals surface area contributed by atoms with Crippen molar-refractivity contribution in [2.24, 2.45) is 0 Å². The highest BCUT2D eigenvalue weighted by Crippen LogP contribution is 2.23. The molecular weight excluding hydrogens is 346 g/mol. The lowest BCUT2D eigenvalue weighted by Crippen LogP contribution is -2.28. The van der Waals surface area contributed by atoms with E-state index in [2.05, 4.69) is 6.92 Å². The van der Waals surface area contributed by atoms with Gasteiger partial charge in [0.1, 0.15) is 19.0 Å². The largest absolute Gasteiger partial charge is 0.490 e. The monoisotopic (exact) mass is 367 g/mol. The van der Waals surface area contributed by atoms with Crippen LogP contribution in [0.1, 0.15) is 35.7 Å². The summed E-state index contributed by atoms with van der Waals surface area (Å²) in [5.41, 5.74) is 2.00. The summed E-state index contributed by atoms with van der Waals surface area (Å²) in [4.78, 5) is 36.7. The molecule has 140 valence electrons. The number of aryl methyl sites for hydroxylation is 1. The van der Waals surface area contributed by atoms with Crippen LogP contribution in [0.3, 0.4) is 0 Å². The van der Waals surface area contributed by atoms with Crippen molar-refractivity contribution in [3.8, 4) is 5.75 Å². The van der Waals surface area contributed by atoms with Crippen molar-refractivity contribution in [3.05, 3.63) is 59.7 Å². The molecule has 0 aromatic heterocycles. The van der Waals surface area contributed by atoms with Gasteiger partial charge in [0.25, 0.3) is 0 Å². The molecule has 2 amide bonds. The highest BCUT2D eigenvalue weighted by molar-refractivity contribution is 6.19. The number of nitrogens with zero attached hydrogens (tertiary/aromatic N) is 1. The van der Waals surface area contributed by atoms with Crippen molar-refractivity contribution >= 4 is 23.5 Å². The molecule has 0 aliphatic carbocycles. The summed E-state index contributed by atoms with van der Waals surface area (Å²) in [6.07, 6.45) is 1.38. The number of amides is 2. The predicted molar refractivity (Wildman–Crippen MR) is 99.8 cm³/mol. The number of imide groups is 1. The first-order valence-electron chi connectivity index (χ1n) is 8.93. The number of carbonyl (C=O) groups is 3. The van der Waals surface area contributed by atoms with Crippen LogP contribution in [0, 0.1) is 0 Å². The zero-order valence-corrected chi connectivity index (χ0v) is 15.1. The molecule has 1 aliphatic rings. The summed E-state index contributed by atoms with van der Waals surface area (Å²) in [7, 11) is 0. The number of hydrogen-bond donors (Lipinski definition) is 0. The Kier molecular flexibility index (Phi) is 5.86. The molecule has 3 rings (SSSR count). The van der Waals surface area contributed by atoms with Gasteiger partial charge in [0, 0.05) is 12.8 Å². The van der Waals surface area contributed by atoms with Crippen LogP contribution in [0.4, 0.5) is 5.69 Å². The van der Waals surface area contributed by atoms with Crippen molar-refractivity contribution in [3.63, 3.8) is 0 Å². The number of rotatable bonds is 7. The summed E-state index contributed by atoms with van der Waals surface area (Å²) >= 11 is 0. The van der Waals surface area contributed by atoms with Gasteiger partial charge in [-0.05, 0) is 48.4 Å². The second-order valence-corrected chi connectivity index (χ2v) is 6.16. The fraction of sp³-hybridized carbons (Fsp3) is 0.286. The number of benzene rings is 2. The molecule has 0 saturated carbocycles. The minimum absolute atomic E-state index is 0.125. The molecule has 1 fully saturated rings. The Bertz CT molecular complexity index is 828. The van der Waals surface area contributed by atoms with Crippen LogP contribution in [-0.4, -0.2) is 31.0 Å². The third kappa shape index (κ3) is 4.53. The summed E-state index contributed by atoms with van der Waals surface area (Å²) in [6, 6.07) is 14.0. The quantitative estimate of drug-likeness (QED) is 0.427. The minimum Gasteiger partial charge on any atom is -0.490 e. The van der Waals surface area contributed by atoms with Crippen LogP contribution in [0.5, 0.6) is 5.75 Å². The molecule has 27 heavy (non-hydrogen) atoms. The maximum absolute atomic E-state index is 12.1. The van der Waals surface area contributed by atoms with Gasteiger partial charge in [-0.2, -0.15) is 0 Å². The molecule has 6 heteroatoms. The Morgan fingerprint density at radius 1 is 1.00 bits per heavy atom. The Balaban J connectivity index is 1.49. The van der Waals surface area contributed by atoms with Crippen LogP contribution in [0.2, 0.25) is 0 Å². The highest BCUT2D eigenvalue weighted by atomic mass is 16.6.